The van der Waals surface area contributed by atoms with Crippen LogP contribution >= 0.6 is 0 Å². The first kappa shape index (κ1) is 11.1. The molecule has 3 rings (SSSR count). The molecule has 1 aromatic heterocycles. The van der Waals surface area contributed by atoms with E-state index >= 15 is 0 Å². The first-order valence-corrected chi connectivity index (χ1v) is 6.13. The van der Waals surface area contributed by atoms with Crippen LogP contribution in [0.25, 0.3) is 11.3 Å². The minimum Gasteiger partial charge on any atom is -0.464 e. The Bertz CT molecular complexity index is 613. The normalized spacial score (nSPS) is 18.3. The molecule has 0 saturated heterocycles. The van der Waals surface area contributed by atoms with E-state index in [9.17, 15) is 4.79 Å². The van der Waals surface area contributed by atoms with Crippen LogP contribution in [0.5, 0.6) is 0 Å². The van der Waals surface area contributed by atoms with Gasteiger partial charge in [0.2, 0.25) is 5.91 Å². The van der Waals surface area contributed by atoms with E-state index in [4.69, 9.17) is 4.42 Å². The number of furan rings is 1. The molecule has 1 amide bonds. The fourth-order valence-electron chi connectivity index (χ4n) is 2.37. The zero-order valence-corrected chi connectivity index (χ0v) is 10.5. The molecule has 1 atom stereocenters. The van der Waals surface area contributed by atoms with Gasteiger partial charge in [0.1, 0.15) is 5.76 Å². The number of amides is 1. The number of rotatable bonds is 0. The average Bonchev–Trinajstić information content (AvgIpc) is 2.77. The molecule has 0 aliphatic carbocycles. The Morgan fingerprint density at radius 3 is 3.00 bits per heavy atom. The molecule has 0 radical (unpaired) electrons. The molecule has 18 heavy (non-hydrogen) atoms. The molecular formula is C15H15NO2. The minimum absolute atomic E-state index is 0.0456. The second-order valence-corrected chi connectivity index (χ2v) is 4.92. The maximum Gasteiger partial charge on any atom is 0.227 e. The number of nitrogens with one attached hydrogen (secondary N) is 1. The van der Waals surface area contributed by atoms with Crippen LogP contribution in [0.4, 0.5) is 5.69 Å². The number of anilines is 1. The lowest BCUT2D eigenvalue weighted by Crippen LogP contribution is -2.24. The van der Waals surface area contributed by atoms with Crippen molar-refractivity contribution in [1.82, 2.24) is 0 Å². The van der Waals surface area contributed by atoms with Gasteiger partial charge in [-0.25, -0.2) is 0 Å². The number of aryl methyl sites for hydroxylation is 1. The third kappa shape index (κ3) is 1.72. The summed E-state index contributed by atoms with van der Waals surface area (Å²) in [5.41, 5.74) is 4.05. The van der Waals surface area contributed by atoms with Crippen LogP contribution in [0.3, 0.4) is 0 Å². The molecule has 0 fully saturated rings. The van der Waals surface area contributed by atoms with Gasteiger partial charge in [0.15, 0.2) is 0 Å². The largest absolute Gasteiger partial charge is 0.464 e. The second kappa shape index (κ2) is 4.02. The van der Waals surface area contributed by atoms with E-state index in [0.717, 1.165) is 28.1 Å². The van der Waals surface area contributed by atoms with Gasteiger partial charge in [-0.1, -0.05) is 18.6 Å². The highest BCUT2D eigenvalue weighted by Gasteiger charge is 2.23. The summed E-state index contributed by atoms with van der Waals surface area (Å²) in [5, 5.41) is 2.97. The molecule has 1 aliphatic heterocycles. The van der Waals surface area contributed by atoms with E-state index in [1.165, 1.54) is 0 Å². The molecular weight excluding hydrogens is 226 g/mol. The van der Waals surface area contributed by atoms with Gasteiger partial charge in [-0.2, -0.15) is 0 Å². The number of benzene rings is 1. The second-order valence-electron chi connectivity index (χ2n) is 4.92. The topological polar surface area (TPSA) is 42.2 Å². The molecule has 2 aromatic rings. The van der Waals surface area contributed by atoms with Crippen molar-refractivity contribution < 1.29 is 9.21 Å². The number of carbonyl (C=O) groups is 1. The average molecular weight is 241 g/mol. The van der Waals surface area contributed by atoms with Gasteiger partial charge in [0, 0.05) is 11.5 Å². The summed E-state index contributed by atoms with van der Waals surface area (Å²) in [6, 6.07) is 7.94. The van der Waals surface area contributed by atoms with Crippen molar-refractivity contribution in [3.63, 3.8) is 0 Å². The number of hydrogen-bond acceptors (Lipinski definition) is 2. The monoisotopic (exact) mass is 241 g/mol. The fourth-order valence-corrected chi connectivity index (χ4v) is 2.37. The molecule has 3 nitrogen and oxygen atoms in total. The van der Waals surface area contributed by atoms with Crippen LogP contribution in [0.15, 0.2) is 34.9 Å². The first-order valence-electron chi connectivity index (χ1n) is 6.13. The highest BCUT2D eigenvalue weighted by atomic mass is 16.3. The Morgan fingerprint density at radius 1 is 1.33 bits per heavy atom. The predicted octanol–water partition coefficient (Wildman–Crippen LogP) is 3.39. The van der Waals surface area contributed by atoms with E-state index in [-0.39, 0.29) is 11.8 Å². The van der Waals surface area contributed by atoms with Gasteiger partial charge in [-0.15, -0.1) is 0 Å². The van der Waals surface area contributed by atoms with Crippen LogP contribution in [0, 0.1) is 12.8 Å². The molecule has 1 unspecified atom stereocenters. The lowest BCUT2D eigenvalue weighted by Gasteiger charge is -2.19. The molecule has 1 aliphatic rings. The summed E-state index contributed by atoms with van der Waals surface area (Å²) in [5.74, 6) is 0.892. The number of hydrogen-bond donors (Lipinski definition) is 1. The Labute approximate surface area is 106 Å². The van der Waals surface area contributed by atoms with Gasteiger partial charge >= 0.3 is 0 Å². The summed E-state index contributed by atoms with van der Waals surface area (Å²) in [6.07, 6.45) is 2.41. The van der Waals surface area contributed by atoms with Crippen molar-refractivity contribution in [1.29, 1.82) is 0 Å². The minimum atomic E-state index is -0.0456. The third-order valence-corrected chi connectivity index (χ3v) is 3.40. The van der Waals surface area contributed by atoms with Crippen molar-refractivity contribution in [3.8, 4) is 11.3 Å². The van der Waals surface area contributed by atoms with Crippen LogP contribution in [-0.2, 0) is 11.2 Å². The van der Waals surface area contributed by atoms with Crippen LogP contribution in [0.1, 0.15) is 18.1 Å². The maximum atomic E-state index is 12.0. The molecule has 1 N–H and O–H groups in total. The summed E-state index contributed by atoms with van der Waals surface area (Å²) in [6.45, 7) is 3.97. The Kier molecular flexibility index (Phi) is 2.47. The van der Waals surface area contributed by atoms with Gasteiger partial charge in [0.25, 0.3) is 0 Å². The molecule has 3 heteroatoms. The maximum absolute atomic E-state index is 12.0. The van der Waals surface area contributed by atoms with E-state index in [1.807, 2.05) is 38.1 Å². The van der Waals surface area contributed by atoms with Crippen molar-refractivity contribution in [2.75, 3.05) is 5.32 Å². The zero-order chi connectivity index (χ0) is 12.7. The summed E-state index contributed by atoms with van der Waals surface area (Å²) in [7, 11) is 0. The van der Waals surface area contributed by atoms with E-state index in [1.54, 1.807) is 6.26 Å². The van der Waals surface area contributed by atoms with Gasteiger partial charge in [0.05, 0.1) is 12.0 Å². The van der Waals surface area contributed by atoms with Crippen molar-refractivity contribution in [2.24, 2.45) is 5.92 Å². The van der Waals surface area contributed by atoms with Crippen LogP contribution in [0.2, 0.25) is 0 Å². The first-order chi connectivity index (χ1) is 8.65. The summed E-state index contributed by atoms with van der Waals surface area (Å²) in [4.78, 5) is 12.0. The molecule has 0 bridgehead atoms. The molecule has 2 heterocycles. The van der Waals surface area contributed by atoms with Crippen molar-refractivity contribution >= 4 is 11.6 Å². The molecule has 0 saturated carbocycles. The van der Waals surface area contributed by atoms with E-state index in [0.29, 0.717) is 6.42 Å². The van der Waals surface area contributed by atoms with Gasteiger partial charge < -0.3 is 9.73 Å². The van der Waals surface area contributed by atoms with E-state index < -0.39 is 0 Å². The Hall–Kier alpha value is -2.03. The Balaban J connectivity index is 2.23. The molecule has 92 valence electrons. The third-order valence-electron chi connectivity index (χ3n) is 3.40. The quantitative estimate of drug-likeness (QED) is 0.768. The Morgan fingerprint density at radius 2 is 2.17 bits per heavy atom. The molecule has 0 spiro atoms. The smallest absolute Gasteiger partial charge is 0.227 e. The highest BCUT2D eigenvalue weighted by Crippen LogP contribution is 2.35. The summed E-state index contributed by atoms with van der Waals surface area (Å²) >= 11 is 0. The lowest BCUT2D eigenvalue weighted by atomic mass is 9.94. The highest BCUT2D eigenvalue weighted by molar-refractivity contribution is 5.97. The van der Waals surface area contributed by atoms with Gasteiger partial charge in [-0.3, -0.25) is 4.79 Å². The number of carbonyl (C=O) groups excluding carboxylic acids is 1. The van der Waals surface area contributed by atoms with Crippen LogP contribution < -0.4 is 5.32 Å². The lowest BCUT2D eigenvalue weighted by molar-refractivity contribution is -0.119. The fraction of sp³-hybridized carbons (Fsp3) is 0.267. The number of fused-ring (bicyclic) bond motifs is 3. The molecule has 1 aromatic carbocycles. The van der Waals surface area contributed by atoms with Crippen LogP contribution in [-0.4, -0.2) is 5.91 Å². The standard InChI is InChI=1S/C15H15NO2/c1-9-3-4-13-12(7-9)14-11(5-6-18-14)8-10(2)15(17)16-13/h3-7,10H,8H2,1-2H3,(H,16,17). The van der Waals surface area contributed by atoms with E-state index in [2.05, 4.69) is 5.32 Å². The zero-order valence-electron chi connectivity index (χ0n) is 10.5. The van der Waals surface area contributed by atoms with Crippen molar-refractivity contribution in [2.45, 2.75) is 20.3 Å². The van der Waals surface area contributed by atoms with Crippen molar-refractivity contribution in [3.05, 3.63) is 41.7 Å². The summed E-state index contributed by atoms with van der Waals surface area (Å²) < 4.78 is 5.61. The van der Waals surface area contributed by atoms with Gasteiger partial charge in [-0.05, 0) is 37.1 Å². The predicted molar refractivity (Wildman–Crippen MR) is 70.4 cm³/mol. The SMILES string of the molecule is Cc1ccc2c(c1)-c1occc1CC(C)C(=O)N2.